The lowest BCUT2D eigenvalue weighted by atomic mass is 10.0. The minimum Gasteiger partial charge on any atom is -0.347 e. The average molecular weight is 478 g/mol. The average Bonchev–Trinajstić information content (AvgIpc) is 3.24. The Kier molecular flexibility index (Phi) is 6.68. The second-order valence-corrected chi connectivity index (χ2v) is 7.80. The van der Waals surface area contributed by atoms with Crippen LogP contribution in [-0.4, -0.2) is 21.9 Å². The monoisotopic (exact) mass is 478 g/mol. The molecule has 2 heterocycles. The molecular weight excluding hydrogens is 457 g/mol. The van der Waals surface area contributed by atoms with Gasteiger partial charge in [0, 0.05) is 37.7 Å². The predicted octanol–water partition coefficient (Wildman–Crippen LogP) is 5.33. The molecule has 0 aliphatic rings. The quantitative estimate of drug-likeness (QED) is 0.365. The Labute approximate surface area is 199 Å². The summed E-state index contributed by atoms with van der Waals surface area (Å²) in [6, 6.07) is 16.8. The molecule has 0 saturated heterocycles. The fraction of sp³-hybridized carbons (Fsp3) is 0.115. The number of aryl methyl sites for hydroxylation is 1. The molecule has 6 nitrogen and oxygen atoms in total. The Balaban J connectivity index is 1.62. The van der Waals surface area contributed by atoms with E-state index in [1.807, 2.05) is 0 Å². The van der Waals surface area contributed by atoms with Crippen molar-refractivity contribution >= 4 is 23.7 Å². The fourth-order valence-electron chi connectivity index (χ4n) is 3.70. The number of nitrogens with one attached hydrogen (secondary N) is 1. The number of alkyl halides is 3. The highest BCUT2D eigenvalue weighted by Gasteiger charge is 2.30. The first-order chi connectivity index (χ1) is 16.8. The highest BCUT2D eigenvalue weighted by molar-refractivity contribution is 5.98. The van der Waals surface area contributed by atoms with Gasteiger partial charge in [-0.15, -0.1) is 0 Å². The summed E-state index contributed by atoms with van der Waals surface area (Å²) in [7, 11) is 1.69. The minimum atomic E-state index is -4.44. The Morgan fingerprint density at radius 3 is 2.40 bits per heavy atom. The molecule has 0 unspecified atom stereocenters. The van der Waals surface area contributed by atoms with Crippen LogP contribution < -0.4 is 10.2 Å². The number of hydrogen-bond donors (Lipinski definition) is 1. The molecule has 0 saturated carbocycles. The van der Waals surface area contributed by atoms with Crippen molar-refractivity contribution in [2.75, 3.05) is 4.90 Å². The van der Waals surface area contributed by atoms with Crippen molar-refractivity contribution in [3.8, 4) is 11.1 Å². The van der Waals surface area contributed by atoms with Gasteiger partial charge in [-0.3, -0.25) is 19.5 Å². The molecule has 9 heteroatoms. The molecule has 2 aromatic carbocycles. The lowest BCUT2D eigenvalue weighted by molar-refractivity contribution is -0.137. The van der Waals surface area contributed by atoms with Gasteiger partial charge < -0.3 is 9.88 Å². The van der Waals surface area contributed by atoms with Gasteiger partial charge in [0.1, 0.15) is 5.69 Å². The molecule has 178 valence electrons. The van der Waals surface area contributed by atoms with E-state index in [9.17, 15) is 22.8 Å². The number of rotatable bonds is 7. The van der Waals surface area contributed by atoms with E-state index in [0.29, 0.717) is 41.2 Å². The van der Waals surface area contributed by atoms with E-state index < -0.39 is 11.7 Å². The van der Waals surface area contributed by atoms with Crippen LogP contribution in [0.3, 0.4) is 0 Å². The van der Waals surface area contributed by atoms with Crippen molar-refractivity contribution < 1.29 is 22.8 Å². The van der Waals surface area contributed by atoms with E-state index in [-0.39, 0.29) is 5.91 Å². The van der Waals surface area contributed by atoms with Crippen LogP contribution in [0.4, 0.5) is 24.5 Å². The first-order valence-electron chi connectivity index (χ1n) is 10.6. The molecule has 4 rings (SSSR count). The first-order valence-corrected chi connectivity index (χ1v) is 10.6. The number of anilines is 2. The summed E-state index contributed by atoms with van der Waals surface area (Å²) in [4.78, 5) is 30.2. The molecule has 0 fully saturated rings. The number of pyridine rings is 1. The summed E-state index contributed by atoms with van der Waals surface area (Å²) in [5.41, 5.74) is 2.48. The second-order valence-electron chi connectivity index (χ2n) is 7.80. The molecule has 0 spiro atoms. The summed E-state index contributed by atoms with van der Waals surface area (Å²) < 4.78 is 40.5. The number of carbonyl (C=O) groups is 2. The summed E-state index contributed by atoms with van der Waals surface area (Å²) >= 11 is 0. The minimum absolute atomic E-state index is 0.315. The standard InChI is InChI=1S/C26H21F3N4O2/c1-32-16-21(14-24(32)25(35)31-15-18-10-12-30-13-11-18)33(17-34)23-5-3-2-4-22(23)19-6-8-20(9-7-19)26(27,28)29/h2-14,16-17H,15H2,1H3,(H,31,35). The van der Waals surface area contributed by atoms with E-state index in [2.05, 4.69) is 10.3 Å². The molecule has 2 amide bonds. The predicted molar refractivity (Wildman–Crippen MR) is 126 cm³/mol. The molecule has 0 aliphatic heterocycles. The van der Waals surface area contributed by atoms with Gasteiger partial charge >= 0.3 is 6.18 Å². The van der Waals surface area contributed by atoms with E-state index in [0.717, 1.165) is 17.7 Å². The smallest absolute Gasteiger partial charge is 0.347 e. The number of hydrogen-bond acceptors (Lipinski definition) is 3. The number of aromatic nitrogens is 2. The van der Waals surface area contributed by atoms with Crippen molar-refractivity contribution in [3.05, 3.63) is 102 Å². The molecule has 4 aromatic rings. The van der Waals surface area contributed by atoms with Crippen molar-refractivity contribution in [2.45, 2.75) is 12.7 Å². The van der Waals surface area contributed by atoms with E-state index in [4.69, 9.17) is 0 Å². The lowest BCUT2D eigenvalue weighted by Gasteiger charge is -2.20. The summed E-state index contributed by atoms with van der Waals surface area (Å²) in [6.45, 7) is 0.315. The van der Waals surface area contributed by atoms with Crippen LogP contribution >= 0.6 is 0 Å². The Bertz CT molecular complexity index is 1330. The molecule has 0 aliphatic carbocycles. The van der Waals surface area contributed by atoms with E-state index in [1.54, 1.807) is 72.7 Å². The zero-order valence-electron chi connectivity index (χ0n) is 18.7. The van der Waals surface area contributed by atoms with Gasteiger partial charge in [0.15, 0.2) is 0 Å². The van der Waals surface area contributed by atoms with Gasteiger partial charge in [0.2, 0.25) is 6.41 Å². The maximum absolute atomic E-state index is 13.0. The molecular formula is C26H21F3N4O2. The third kappa shape index (κ3) is 5.24. The number of nitrogens with zero attached hydrogens (tertiary/aromatic N) is 3. The number of halogens is 3. The second kappa shape index (κ2) is 9.84. The fourth-order valence-corrected chi connectivity index (χ4v) is 3.70. The molecule has 0 radical (unpaired) electrons. The summed E-state index contributed by atoms with van der Waals surface area (Å²) in [5, 5.41) is 2.83. The molecule has 0 bridgehead atoms. The van der Waals surface area contributed by atoms with Gasteiger partial charge in [-0.25, -0.2) is 0 Å². The zero-order valence-corrected chi connectivity index (χ0v) is 18.7. The third-order valence-electron chi connectivity index (χ3n) is 5.50. The van der Waals surface area contributed by atoms with Gasteiger partial charge in [0.25, 0.3) is 5.91 Å². The topological polar surface area (TPSA) is 67.2 Å². The van der Waals surface area contributed by atoms with Crippen LogP contribution in [0.5, 0.6) is 0 Å². The van der Waals surface area contributed by atoms with Crippen LogP contribution in [0.1, 0.15) is 21.6 Å². The Hall–Kier alpha value is -4.40. The summed E-state index contributed by atoms with van der Waals surface area (Å²) in [5.74, 6) is -0.322. The Morgan fingerprint density at radius 2 is 1.74 bits per heavy atom. The maximum Gasteiger partial charge on any atom is 0.416 e. The number of carbonyl (C=O) groups excluding carboxylic acids is 2. The van der Waals surface area contributed by atoms with Crippen molar-refractivity contribution in [3.63, 3.8) is 0 Å². The number of para-hydroxylation sites is 1. The van der Waals surface area contributed by atoms with Crippen LogP contribution in [0.25, 0.3) is 11.1 Å². The Morgan fingerprint density at radius 1 is 1.06 bits per heavy atom. The van der Waals surface area contributed by atoms with Crippen LogP contribution in [0.15, 0.2) is 85.3 Å². The highest BCUT2D eigenvalue weighted by Crippen LogP contribution is 2.36. The number of amides is 2. The number of benzene rings is 2. The summed E-state index contributed by atoms with van der Waals surface area (Å²) in [6.07, 6.45) is 1.08. The van der Waals surface area contributed by atoms with Crippen molar-refractivity contribution in [1.29, 1.82) is 0 Å². The molecule has 2 aromatic heterocycles. The van der Waals surface area contributed by atoms with Gasteiger partial charge in [-0.05, 0) is 47.5 Å². The lowest BCUT2D eigenvalue weighted by Crippen LogP contribution is -2.24. The SMILES string of the molecule is Cn1cc(N(C=O)c2ccccc2-c2ccc(C(F)(F)F)cc2)cc1C(=O)NCc1ccncc1. The van der Waals surface area contributed by atoms with Crippen molar-refractivity contribution in [1.82, 2.24) is 14.9 Å². The molecule has 0 atom stereocenters. The van der Waals surface area contributed by atoms with Gasteiger partial charge in [-0.1, -0.05) is 30.3 Å². The normalized spacial score (nSPS) is 11.2. The van der Waals surface area contributed by atoms with E-state index >= 15 is 0 Å². The first kappa shape index (κ1) is 23.7. The van der Waals surface area contributed by atoms with Crippen LogP contribution in [0.2, 0.25) is 0 Å². The third-order valence-corrected chi connectivity index (χ3v) is 5.50. The highest BCUT2D eigenvalue weighted by atomic mass is 19.4. The molecule has 35 heavy (non-hydrogen) atoms. The van der Waals surface area contributed by atoms with Crippen LogP contribution in [-0.2, 0) is 24.6 Å². The maximum atomic E-state index is 13.0. The van der Waals surface area contributed by atoms with Gasteiger partial charge in [-0.2, -0.15) is 13.2 Å². The largest absolute Gasteiger partial charge is 0.416 e. The zero-order chi connectivity index (χ0) is 25.0. The van der Waals surface area contributed by atoms with Crippen molar-refractivity contribution in [2.24, 2.45) is 7.05 Å². The van der Waals surface area contributed by atoms with E-state index in [1.165, 1.54) is 17.0 Å². The van der Waals surface area contributed by atoms with Crippen LogP contribution in [0, 0.1) is 0 Å². The molecule has 1 N–H and O–H groups in total. The van der Waals surface area contributed by atoms with Gasteiger partial charge in [0.05, 0.1) is 16.9 Å².